The van der Waals surface area contributed by atoms with Crippen LogP contribution in [0.1, 0.15) is 71.1 Å². The first kappa shape index (κ1) is 28.8. The van der Waals surface area contributed by atoms with E-state index in [1.807, 2.05) is 18.2 Å². The number of carbonyl (C=O) groups excluding carboxylic acids is 1. The van der Waals surface area contributed by atoms with Crippen molar-refractivity contribution in [1.82, 2.24) is 0 Å². The molecule has 1 saturated heterocycles. The average molecular weight is 545 g/mol. The fraction of sp³-hybridized carbons (Fsp3) is 0.567. The predicted octanol–water partition coefficient (Wildman–Crippen LogP) is 7.05. The van der Waals surface area contributed by atoms with Gasteiger partial charge in [-0.2, -0.15) is 0 Å². The molecule has 0 aromatic heterocycles. The van der Waals surface area contributed by atoms with Gasteiger partial charge in [-0.05, 0) is 61.3 Å². The summed E-state index contributed by atoms with van der Waals surface area (Å²) in [6.07, 6.45) is 1.53. The molecule has 38 heavy (non-hydrogen) atoms. The topological polar surface area (TPSA) is 83.6 Å². The van der Waals surface area contributed by atoms with Crippen LogP contribution in [0, 0.1) is 11.8 Å². The second kappa shape index (κ2) is 11.5. The second-order valence-corrected chi connectivity index (χ2v) is 13.0. The molecule has 0 radical (unpaired) electrons. The van der Waals surface area contributed by atoms with Gasteiger partial charge < -0.3 is 23.3 Å². The summed E-state index contributed by atoms with van der Waals surface area (Å²) >= 11 is 0. The first-order valence-electron chi connectivity index (χ1n) is 13.6. The molecule has 4 rings (SSSR count). The van der Waals surface area contributed by atoms with Crippen LogP contribution >= 0.6 is 7.60 Å². The molecule has 1 heterocycles. The van der Waals surface area contributed by atoms with Crippen LogP contribution in [-0.2, 0) is 33.3 Å². The van der Waals surface area contributed by atoms with Gasteiger partial charge in [0.2, 0.25) is 0 Å². The lowest BCUT2D eigenvalue weighted by Gasteiger charge is -2.44. The Bertz CT molecular complexity index is 1120. The van der Waals surface area contributed by atoms with Crippen molar-refractivity contribution in [3.8, 4) is 5.75 Å². The van der Waals surface area contributed by atoms with E-state index in [9.17, 15) is 9.36 Å². The van der Waals surface area contributed by atoms with E-state index in [0.29, 0.717) is 17.2 Å². The summed E-state index contributed by atoms with van der Waals surface area (Å²) in [6.45, 7) is 10.2. The molecule has 2 fully saturated rings. The normalized spacial score (nSPS) is 27.5. The van der Waals surface area contributed by atoms with Crippen LogP contribution < -0.4 is 4.74 Å². The summed E-state index contributed by atoms with van der Waals surface area (Å²) in [7, 11) is -2.45. The first-order chi connectivity index (χ1) is 18.1. The SMILES string of the molecule is CCOP(=O)(OCC)[C@]1(C(=O)O[C@@H]2C[C@H](C)CC[C@H]2C(C)(C)c2ccccc2)O[C@H]1c1ccc(OC)cc1. The second-order valence-electron chi connectivity index (χ2n) is 10.9. The molecule has 1 aliphatic heterocycles. The standard InChI is InChI=1S/C30H41O7P/c1-7-34-38(32,35-8-2)30(27(37-30)22-15-17-24(33-6)18-16-22)28(31)36-26-20-21(3)14-19-25(26)29(4,5)23-12-10-9-11-13-23/h9-13,15-18,21,25-27H,7-8,14,19-20H2,1-6H3/t21-,25-,26-,27+,30-/m1/s1. The molecule has 0 amide bonds. The van der Waals surface area contributed by atoms with Crippen LogP contribution in [0.25, 0.3) is 0 Å². The van der Waals surface area contributed by atoms with E-state index in [1.54, 1.807) is 45.2 Å². The van der Waals surface area contributed by atoms with E-state index in [0.717, 1.165) is 19.3 Å². The van der Waals surface area contributed by atoms with E-state index in [2.05, 4.69) is 32.9 Å². The number of hydrogen-bond acceptors (Lipinski definition) is 7. The lowest BCUT2D eigenvalue weighted by atomic mass is 9.64. The summed E-state index contributed by atoms with van der Waals surface area (Å²) in [4.78, 5) is 14.1. The molecular weight excluding hydrogens is 503 g/mol. The van der Waals surface area contributed by atoms with Gasteiger partial charge in [-0.3, -0.25) is 4.57 Å². The van der Waals surface area contributed by atoms with Gasteiger partial charge in [0.05, 0.1) is 20.3 Å². The van der Waals surface area contributed by atoms with Crippen molar-refractivity contribution in [2.75, 3.05) is 20.3 Å². The minimum absolute atomic E-state index is 0.0823. The van der Waals surface area contributed by atoms with Gasteiger partial charge in [-0.15, -0.1) is 0 Å². The smallest absolute Gasteiger partial charge is 0.377 e. The molecular formula is C30H41O7P. The Morgan fingerprint density at radius 2 is 1.66 bits per heavy atom. The molecule has 208 valence electrons. The Morgan fingerprint density at radius 1 is 1.03 bits per heavy atom. The van der Waals surface area contributed by atoms with Crippen molar-refractivity contribution in [3.63, 3.8) is 0 Å². The van der Waals surface area contributed by atoms with Crippen molar-refractivity contribution in [2.24, 2.45) is 11.8 Å². The molecule has 1 saturated carbocycles. The highest BCUT2D eigenvalue weighted by molar-refractivity contribution is 7.57. The Morgan fingerprint density at radius 3 is 2.24 bits per heavy atom. The van der Waals surface area contributed by atoms with E-state index >= 15 is 0 Å². The monoisotopic (exact) mass is 544 g/mol. The third-order valence-corrected chi connectivity index (χ3v) is 10.6. The zero-order valence-electron chi connectivity index (χ0n) is 23.3. The lowest BCUT2D eigenvalue weighted by molar-refractivity contribution is -0.160. The van der Waals surface area contributed by atoms with E-state index in [1.165, 1.54) is 5.56 Å². The summed E-state index contributed by atoms with van der Waals surface area (Å²) < 4.78 is 43.1. The largest absolute Gasteiger partial charge is 0.497 e. The van der Waals surface area contributed by atoms with Crippen LogP contribution in [-0.4, -0.2) is 37.7 Å². The maximum Gasteiger partial charge on any atom is 0.377 e. The van der Waals surface area contributed by atoms with Crippen LogP contribution in [0.2, 0.25) is 0 Å². The molecule has 7 nitrogen and oxygen atoms in total. The van der Waals surface area contributed by atoms with Crippen molar-refractivity contribution in [1.29, 1.82) is 0 Å². The maximum atomic E-state index is 14.2. The maximum absolute atomic E-state index is 14.2. The molecule has 1 aliphatic carbocycles. The molecule has 2 aliphatic rings. The minimum Gasteiger partial charge on any atom is -0.497 e. The Kier molecular flexibility index (Phi) is 8.73. The molecule has 2 aromatic carbocycles. The highest BCUT2D eigenvalue weighted by Gasteiger charge is 2.78. The van der Waals surface area contributed by atoms with E-state index in [-0.39, 0.29) is 30.7 Å². The summed E-state index contributed by atoms with van der Waals surface area (Å²) in [5.74, 6) is 0.465. The number of benzene rings is 2. The van der Waals surface area contributed by atoms with Crippen molar-refractivity contribution in [3.05, 3.63) is 65.7 Å². The summed E-state index contributed by atoms with van der Waals surface area (Å²) in [5, 5.41) is -1.85. The van der Waals surface area contributed by atoms with E-state index in [4.69, 9.17) is 23.3 Å². The number of carbonyl (C=O) groups is 1. The number of ether oxygens (including phenoxy) is 3. The van der Waals surface area contributed by atoms with Crippen molar-refractivity contribution < 1.29 is 32.6 Å². The van der Waals surface area contributed by atoms with Gasteiger partial charge in [0, 0.05) is 5.92 Å². The molecule has 0 bridgehead atoms. The van der Waals surface area contributed by atoms with Crippen molar-refractivity contribution in [2.45, 2.75) is 76.8 Å². The fourth-order valence-corrected chi connectivity index (χ4v) is 7.94. The van der Waals surface area contributed by atoms with Crippen LogP contribution in [0.4, 0.5) is 0 Å². The highest BCUT2D eigenvalue weighted by Crippen LogP contribution is 2.75. The Labute approximate surface area is 226 Å². The third kappa shape index (κ3) is 5.31. The van der Waals surface area contributed by atoms with Crippen LogP contribution in [0.5, 0.6) is 5.75 Å². The first-order valence-corrected chi connectivity index (χ1v) is 15.1. The lowest BCUT2D eigenvalue weighted by Crippen LogP contribution is -2.45. The zero-order valence-corrected chi connectivity index (χ0v) is 24.2. The van der Waals surface area contributed by atoms with Gasteiger partial charge in [-0.25, -0.2) is 4.79 Å². The molecule has 8 heteroatoms. The molecule has 0 unspecified atom stereocenters. The number of rotatable bonds is 11. The van der Waals surface area contributed by atoms with Crippen LogP contribution in [0.15, 0.2) is 54.6 Å². The van der Waals surface area contributed by atoms with Gasteiger partial charge in [0.15, 0.2) is 0 Å². The predicted molar refractivity (Wildman–Crippen MR) is 146 cm³/mol. The average Bonchev–Trinajstić information content (AvgIpc) is 3.67. The summed E-state index contributed by atoms with van der Waals surface area (Å²) in [5.41, 5.74) is 1.65. The quantitative estimate of drug-likeness (QED) is 0.170. The van der Waals surface area contributed by atoms with Crippen LogP contribution in [0.3, 0.4) is 0 Å². The Hall–Kier alpha value is -2.18. The molecule has 5 atom stereocenters. The van der Waals surface area contributed by atoms with Gasteiger partial charge >= 0.3 is 13.6 Å². The van der Waals surface area contributed by atoms with Gasteiger partial charge in [0.1, 0.15) is 18.0 Å². The number of hydrogen-bond donors (Lipinski definition) is 0. The number of methoxy groups -OCH3 is 1. The molecule has 0 spiro atoms. The fourth-order valence-electron chi connectivity index (χ4n) is 5.85. The van der Waals surface area contributed by atoms with Crippen molar-refractivity contribution >= 4 is 13.6 Å². The number of esters is 1. The molecule has 0 N–H and O–H groups in total. The van der Waals surface area contributed by atoms with E-state index < -0.39 is 25.0 Å². The molecule has 2 aromatic rings. The Balaban J connectivity index is 1.68. The third-order valence-electron chi connectivity index (χ3n) is 8.07. The minimum atomic E-state index is -4.04. The van der Waals surface area contributed by atoms with Gasteiger partial charge in [0.25, 0.3) is 5.34 Å². The summed E-state index contributed by atoms with van der Waals surface area (Å²) in [6, 6.07) is 17.5. The number of epoxide rings is 1. The highest BCUT2D eigenvalue weighted by atomic mass is 31.2. The zero-order chi connectivity index (χ0) is 27.6. The van der Waals surface area contributed by atoms with Gasteiger partial charge in [-0.1, -0.05) is 69.7 Å².